The molecule has 0 N–H and O–H groups in total. The van der Waals surface area contributed by atoms with Gasteiger partial charge in [0.2, 0.25) is 11.1 Å². The third kappa shape index (κ3) is 3.49. The summed E-state index contributed by atoms with van der Waals surface area (Å²) < 4.78 is 7.07. The molecule has 1 amide bonds. The van der Waals surface area contributed by atoms with Crippen molar-refractivity contribution < 1.29 is 9.53 Å². The molecule has 1 aromatic heterocycles. The van der Waals surface area contributed by atoms with Gasteiger partial charge >= 0.3 is 0 Å². The Morgan fingerprint density at radius 3 is 2.80 bits per heavy atom. The van der Waals surface area contributed by atoms with E-state index in [2.05, 4.69) is 27.7 Å². The van der Waals surface area contributed by atoms with Crippen LogP contribution in [0.3, 0.4) is 0 Å². The van der Waals surface area contributed by atoms with Crippen molar-refractivity contribution in [2.24, 2.45) is 0 Å². The molecule has 1 aliphatic carbocycles. The highest BCUT2D eigenvalue weighted by atomic mass is 32.2. The molecule has 0 bridgehead atoms. The number of nitrogens with zero attached hydrogens (tertiary/aromatic N) is 5. The zero-order valence-corrected chi connectivity index (χ0v) is 15.0. The normalized spacial score (nSPS) is 20.0. The maximum Gasteiger partial charge on any atom is 0.233 e. The second kappa shape index (κ2) is 7.03. The van der Waals surface area contributed by atoms with E-state index in [1.807, 2.05) is 21.7 Å². The van der Waals surface area contributed by atoms with Crippen LogP contribution in [0.25, 0.3) is 0 Å². The van der Waals surface area contributed by atoms with Crippen molar-refractivity contribution in [1.82, 2.24) is 25.1 Å². The van der Waals surface area contributed by atoms with Gasteiger partial charge in [0.05, 0.1) is 24.9 Å². The Bertz CT molecular complexity index is 744. The smallest absolute Gasteiger partial charge is 0.233 e. The highest BCUT2D eigenvalue weighted by molar-refractivity contribution is 7.99. The number of likely N-dealkylation sites (tertiary alicyclic amines) is 1. The fourth-order valence-corrected chi connectivity index (χ4v) is 4.11. The molecule has 25 heavy (non-hydrogen) atoms. The predicted octanol–water partition coefficient (Wildman–Crippen LogP) is 2.47. The molecule has 1 saturated heterocycles. The van der Waals surface area contributed by atoms with Crippen LogP contribution < -0.4 is 4.74 Å². The summed E-state index contributed by atoms with van der Waals surface area (Å²) in [7, 11) is 1.66. The van der Waals surface area contributed by atoms with Gasteiger partial charge in [0, 0.05) is 6.54 Å². The van der Waals surface area contributed by atoms with Crippen LogP contribution in [0.2, 0.25) is 0 Å². The zero-order valence-electron chi connectivity index (χ0n) is 14.2. The summed E-state index contributed by atoms with van der Waals surface area (Å²) in [4.78, 5) is 14.7. The molecule has 1 aromatic carbocycles. The number of methoxy groups -OCH3 is 1. The average molecular weight is 359 g/mol. The van der Waals surface area contributed by atoms with Crippen LogP contribution in [-0.4, -0.2) is 50.4 Å². The predicted molar refractivity (Wildman–Crippen MR) is 93.5 cm³/mol. The summed E-state index contributed by atoms with van der Waals surface area (Å²) in [6.07, 6.45) is 4.28. The lowest BCUT2D eigenvalue weighted by Crippen LogP contribution is -2.32. The topological polar surface area (TPSA) is 73.1 Å². The summed E-state index contributed by atoms with van der Waals surface area (Å²) in [6.45, 7) is 0.809. The minimum atomic E-state index is 0.147. The zero-order chi connectivity index (χ0) is 17.2. The Kier molecular flexibility index (Phi) is 4.61. The number of aromatic nitrogens is 4. The van der Waals surface area contributed by atoms with Gasteiger partial charge in [-0.3, -0.25) is 4.79 Å². The summed E-state index contributed by atoms with van der Waals surface area (Å²) >= 11 is 1.44. The van der Waals surface area contributed by atoms with E-state index in [1.54, 1.807) is 7.11 Å². The van der Waals surface area contributed by atoms with Crippen LogP contribution in [-0.2, 0) is 4.79 Å². The molecular weight excluding hydrogens is 338 g/mol. The minimum Gasteiger partial charge on any atom is -0.497 e. The number of carbonyl (C=O) groups is 1. The quantitative estimate of drug-likeness (QED) is 0.738. The number of ether oxygens (including phenoxy) is 1. The first-order valence-corrected chi connectivity index (χ1v) is 9.59. The first-order chi connectivity index (χ1) is 12.3. The standard InChI is InChI=1S/C17H21N5O2S/c1-24-14-8-4-12(5-9-14)15-3-2-10-21(15)16(23)11-25-17-18-19-20-22(17)13-6-7-13/h4-5,8-9,13,15H,2-3,6-7,10-11H2,1H3. The molecule has 4 rings (SSSR count). The molecule has 2 fully saturated rings. The van der Waals surface area contributed by atoms with Gasteiger partial charge in [0.25, 0.3) is 0 Å². The van der Waals surface area contributed by atoms with E-state index in [4.69, 9.17) is 4.74 Å². The SMILES string of the molecule is COc1ccc(C2CCCN2C(=O)CSc2nnnn2C2CC2)cc1. The van der Waals surface area contributed by atoms with Gasteiger partial charge in [-0.05, 0) is 53.8 Å². The number of amides is 1. The highest BCUT2D eigenvalue weighted by Gasteiger charge is 2.31. The van der Waals surface area contributed by atoms with Crippen molar-refractivity contribution >= 4 is 17.7 Å². The number of hydrogen-bond acceptors (Lipinski definition) is 6. The van der Waals surface area contributed by atoms with Gasteiger partial charge in [-0.1, -0.05) is 23.9 Å². The van der Waals surface area contributed by atoms with Crippen molar-refractivity contribution in [3.05, 3.63) is 29.8 Å². The van der Waals surface area contributed by atoms with Crippen LogP contribution in [0.15, 0.2) is 29.4 Å². The van der Waals surface area contributed by atoms with Crippen molar-refractivity contribution in [3.63, 3.8) is 0 Å². The van der Waals surface area contributed by atoms with Gasteiger partial charge < -0.3 is 9.64 Å². The van der Waals surface area contributed by atoms with E-state index in [0.29, 0.717) is 11.8 Å². The molecule has 8 heteroatoms. The fraction of sp³-hybridized carbons (Fsp3) is 0.529. The summed E-state index contributed by atoms with van der Waals surface area (Å²) in [5.41, 5.74) is 1.17. The Morgan fingerprint density at radius 1 is 1.28 bits per heavy atom. The lowest BCUT2D eigenvalue weighted by molar-refractivity contribution is -0.129. The Hall–Kier alpha value is -2.09. The summed E-state index contributed by atoms with van der Waals surface area (Å²) in [5.74, 6) is 1.36. The molecule has 2 aromatic rings. The number of hydrogen-bond donors (Lipinski definition) is 0. The monoisotopic (exact) mass is 359 g/mol. The lowest BCUT2D eigenvalue weighted by Gasteiger charge is -2.25. The number of thioether (sulfide) groups is 1. The molecule has 1 unspecified atom stereocenters. The van der Waals surface area contributed by atoms with Crippen molar-refractivity contribution in [2.45, 2.75) is 42.9 Å². The van der Waals surface area contributed by atoms with Crippen molar-refractivity contribution in [3.8, 4) is 5.75 Å². The molecule has 7 nitrogen and oxygen atoms in total. The van der Waals surface area contributed by atoms with Crippen molar-refractivity contribution in [2.75, 3.05) is 19.4 Å². The van der Waals surface area contributed by atoms with E-state index in [9.17, 15) is 4.79 Å². The van der Waals surface area contributed by atoms with Crippen LogP contribution in [0.1, 0.15) is 43.3 Å². The first-order valence-electron chi connectivity index (χ1n) is 8.60. The number of tetrazole rings is 1. The van der Waals surface area contributed by atoms with Gasteiger partial charge in [0.15, 0.2) is 0 Å². The molecular formula is C17H21N5O2S. The van der Waals surface area contributed by atoms with E-state index in [1.165, 1.54) is 17.3 Å². The summed E-state index contributed by atoms with van der Waals surface area (Å²) in [6, 6.07) is 8.58. The Balaban J connectivity index is 1.40. The van der Waals surface area contributed by atoms with E-state index in [-0.39, 0.29) is 11.9 Å². The van der Waals surface area contributed by atoms with E-state index < -0.39 is 0 Å². The van der Waals surface area contributed by atoms with Crippen LogP contribution in [0, 0.1) is 0 Å². The highest BCUT2D eigenvalue weighted by Crippen LogP contribution is 2.37. The molecule has 1 aliphatic heterocycles. The van der Waals surface area contributed by atoms with Gasteiger partial charge in [-0.25, -0.2) is 4.68 Å². The number of rotatable bonds is 6. The molecule has 1 atom stereocenters. The fourth-order valence-electron chi connectivity index (χ4n) is 3.28. The third-order valence-corrected chi connectivity index (χ3v) is 5.67. The molecule has 1 saturated carbocycles. The largest absolute Gasteiger partial charge is 0.497 e. The maximum absolute atomic E-state index is 12.7. The van der Waals surface area contributed by atoms with Crippen LogP contribution >= 0.6 is 11.8 Å². The van der Waals surface area contributed by atoms with Gasteiger partial charge in [0.1, 0.15) is 5.75 Å². The Labute approximate surface area is 150 Å². The second-order valence-corrected chi connectivity index (χ2v) is 7.39. The minimum absolute atomic E-state index is 0.147. The molecule has 2 heterocycles. The molecule has 0 spiro atoms. The third-order valence-electron chi connectivity index (χ3n) is 4.75. The average Bonchev–Trinajstić information content (AvgIpc) is 3.19. The van der Waals surface area contributed by atoms with Gasteiger partial charge in [-0.15, -0.1) is 5.10 Å². The number of benzene rings is 1. The van der Waals surface area contributed by atoms with E-state index in [0.717, 1.165) is 43.1 Å². The number of carbonyl (C=O) groups excluding carboxylic acids is 1. The molecule has 2 aliphatic rings. The Morgan fingerprint density at radius 2 is 2.08 bits per heavy atom. The van der Waals surface area contributed by atoms with Crippen molar-refractivity contribution in [1.29, 1.82) is 0 Å². The van der Waals surface area contributed by atoms with E-state index >= 15 is 0 Å². The lowest BCUT2D eigenvalue weighted by atomic mass is 10.0. The molecule has 132 valence electrons. The first kappa shape index (κ1) is 16.4. The summed E-state index contributed by atoms with van der Waals surface area (Å²) in [5, 5.41) is 12.6. The molecule has 0 radical (unpaired) electrons. The van der Waals surface area contributed by atoms with Crippen LogP contribution in [0.4, 0.5) is 0 Å². The maximum atomic E-state index is 12.7. The second-order valence-electron chi connectivity index (χ2n) is 6.44. The van der Waals surface area contributed by atoms with Crippen LogP contribution in [0.5, 0.6) is 5.75 Å². The van der Waals surface area contributed by atoms with Gasteiger partial charge in [-0.2, -0.15) is 0 Å².